The van der Waals surface area contributed by atoms with Crippen molar-refractivity contribution in [3.63, 3.8) is 0 Å². The molecule has 0 saturated carbocycles. The number of carbonyl (C=O) groups is 3. The Morgan fingerprint density at radius 2 is 1.75 bits per heavy atom. The van der Waals surface area contributed by atoms with Crippen molar-refractivity contribution in [2.75, 3.05) is 12.4 Å². The zero-order valence-electron chi connectivity index (χ0n) is 18.4. The smallest absolute Gasteiger partial charge is 0.250 e. The quantitative estimate of drug-likeness (QED) is 0.708. The number of rotatable bonds is 5. The molecule has 3 amide bonds. The SMILES string of the molecule is COc1ccccc1CN1C(=O)[C@@H]2[C@H](CC(C)C)N[C@]3(C(=O)Nc4ccccc43)[C@@H]2C1=O. The Morgan fingerprint density at radius 3 is 2.50 bits per heavy atom. The summed E-state index contributed by atoms with van der Waals surface area (Å²) in [5.74, 6) is -1.24. The van der Waals surface area contributed by atoms with Gasteiger partial charge in [-0.05, 0) is 24.5 Å². The molecule has 2 aromatic rings. The van der Waals surface area contributed by atoms with Crippen LogP contribution >= 0.6 is 0 Å². The number of hydrogen-bond donors (Lipinski definition) is 2. The lowest BCUT2D eigenvalue weighted by atomic mass is 9.76. The standard InChI is InChI=1S/C25H27N3O4/c1-14(2)12-18-20-21(25(27-18)16-9-5-6-10-17(16)26-24(25)31)23(30)28(22(20)29)13-15-8-4-7-11-19(15)32-3/h4-11,14,18,20-21,27H,12-13H2,1-3H3,(H,26,31)/t18-,20+,21-,25-/m0/s1. The first kappa shape index (κ1) is 20.7. The van der Waals surface area contributed by atoms with Crippen LogP contribution in [0.4, 0.5) is 5.69 Å². The molecule has 3 heterocycles. The van der Waals surface area contributed by atoms with Crippen molar-refractivity contribution >= 4 is 23.4 Å². The van der Waals surface area contributed by atoms with Crippen LogP contribution in [0, 0.1) is 17.8 Å². The van der Waals surface area contributed by atoms with Gasteiger partial charge in [0.1, 0.15) is 11.3 Å². The van der Waals surface area contributed by atoms with Crippen LogP contribution in [0.5, 0.6) is 5.75 Å². The molecule has 0 bridgehead atoms. The number of hydrogen-bond acceptors (Lipinski definition) is 5. The molecule has 32 heavy (non-hydrogen) atoms. The molecule has 0 unspecified atom stereocenters. The lowest BCUT2D eigenvalue weighted by molar-refractivity contribution is -0.143. The number of ether oxygens (including phenoxy) is 1. The summed E-state index contributed by atoms with van der Waals surface area (Å²) in [5.41, 5.74) is 0.961. The molecule has 3 aliphatic rings. The lowest BCUT2D eigenvalue weighted by Crippen LogP contribution is -2.53. The average Bonchev–Trinajstić information content (AvgIpc) is 3.34. The minimum Gasteiger partial charge on any atom is -0.496 e. The number of para-hydroxylation sites is 2. The Hall–Kier alpha value is -3.19. The van der Waals surface area contributed by atoms with E-state index in [0.29, 0.717) is 23.8 Å². The normalized spacial score (nSPS) is 28.4. The lowest BCUT2D eigenvalue weighted by Gasteiger charge is -2.30. The van der Waals surface area contributed by atoms with Gasteiger partial charge in [0, 0.05) is 22.9 Å². The number of carbonyl (C=O) groups excluding carboxylic acids is 3. The van der Waals surface area contributed by atoms with Crippen molar-refractivity contribution in [2.45, 2.75) is 38.4 Å². The Kier molecular flexibility index (Phi) is 4.82. The topological polar surface area (TPSA) is 87.7 Å². The Morgan fingerprint density at radius 1 is 1.03 bits per heavy atom. The molecule has 7 nitrogen and oxygen atoms in total. The molecule has 0 aromatic heterocycles. The van der Waals surface area contributed by atoms with Crippen molar-refractivity contribution in [1.82, 2.24) is 10.2 Å². The summed E-state index contributed by atoms with van der Waals surface area (Å²) in [6.45, 7) is 4.29. The van der Waals surface area contributed by atoms with Gasteiger partial charge in [-0.15, -0.1) is 0 Å². The third-order valence-electron chi connectivity index (χ3n) is 6.96. The van der Waals surface area contributed by atoms with Gasteiger partial charge in [0.2, 0.25) is 17.7 Å². The summed E-state index contributed by atoms with van der Waals surface area (Å²) < 4.78 is 5.42. The maximum Gasteiger partial charge on any atom is 0.250 e. The van der Waals surface area contributed by atoms with E-state index in [4.69, 9.17) is 4.74 Å². The van der Waals surface area contributed by atoms with Crippen molar-refractivity contribution in [1.29, 1.82) is 0 Å². The van der Waals surface area contributed by atoms with E-state index in [2.05, 4.69) is 24.5 Å². The number of anilines is 1. The molecule has 3 aliphatic heterocycles. The van der Waals surface area contributed by atoms with E-state index in [1.54, 1.807) is 7.11 Å². The van der Waals surface area contributed by atoms with Crippen molar-refractivity contribution < 1.29 is 19.1 Å². The maximum atomic E-state index is 13.8. The van der Waals surface area contributed by atoms with Gasteiger partial charge in [0.15, 0.2) is 0 Å². The molecule has 1 spiro atoms. The molecule has 2 aromatic carbocycles. The second kappa shape index (κ2) is 7.45. The van der Waals surface area contributed by atoms with Crippen LogP contribution in [-0.4, -0.2) is 35.8 Å². The van der Waals surface area contributed by atoms with Crippen LogP contribution in [0.25, 0.3) is 0 Å². The molecule has 0 radical (unpaired) electrons. The van der Waals surface area contributed by atoms with Crippen LogP contribution in [0.1, 0.15) is 31.4 Å². The summed E-state index contributed by atoms with van der Waals surface area (Å²) in [6, 6.07) is 14.5. The first-order valence-electron chi connectivity index (χ1n) is 11.0. The van der Waals surface area contributed by atoms with Gasteiger partial charge in [-0.25, -0.2) is 0 Å². The van der Waals surface area contributed by atoms with E-state index in [-0.39, 0.29) is 30.3 Å². The third-order valence-corrected chi connectivity index (χ3v) is 6.96. The van der Waals surface area contributed by atoms with Crippen molar-refractivity contribution in [2.24, 2.45) is 17.8 Å². The molecular formula is C25H27N3O4. The zero-order valence-corrected chi connectivity index (χ0v) is 18.4. The van der Waals surface area contributed by atoms with Gasteiger partial charge in [0.25, 0.3) is 0 Å². The van der Waals surface area contributed by atoms with Gasteiger partial charge < -0.3 is 10.1 Å². The summed E-state index contributed by atoms with van der Waals surface area (Å²) in [7, 11) is 1.57. The number of methoxy groups -OCH3 is 1. The van der Waals surface area contributed by atoms with Crippen molar-refractivity contribution in [3.05, 3.63) is 59.7 Å². The molecule has 2 saturated heterocycles. The highest BCUT2D eigenvalue weighted by Crippen LogP contribution is 2.53. The number of benzene rings is 2. The van der Waals surface area contributed by atoms with Crippen LogP contribution in [-0.2, 0) is 26.5 Å². The minimum absolute atomic E-state index is 0.127. The highest BCUT2D eigenvalue weighted by atomic mass is 16.5. The highest BCUT2D eigenvalue weighted by molar-refractivity contribution is 6.15. The molecule has 2 fully saturated rings. The second-order valence-electron chi connectivity index (χ2n) is 9.27. The summed E-state index contributed by atoms with van der Waals surface area (Å²) in [4.78, 5) is 42.1. The van der Waals surface area contributed by atoms with E-state index in [1.165, 1.54) is 4.90 Å². The number of fused-ring (bicyclic) bond motifs is 4. The Bertz CT molecular complexity index is 1110. The molecule has 2 N–H and O–H groups in total. The van der Waals surface area contributed by atoms with Crippen LogP contribution < -0.4 is 15.4 Å². The first-order valence-corrected chi connectivity index (χ1v) is 11.0. The number of amides is 3. The molecular weight excluding hydrogens is 406 g/mol. The number of nitrogens with zero attached hydrogens (tertiary/aromatic N) is 1. The summed E-state index contributed by atoms with van der Waals surface area (Å²) in [6.07, 6.45) is 0.694. The van der Waals surface area contributed by atoms with E-state index in [9.17, 15) is 14.4 Å². The maximum absolute atomic E-state index is 13.8. The fourth-order valence-corrected chi connectivity index (χ4v) is 5.69. The second-order valence-corrected chi connectivity index (χ2v) is 9.27. The fraction of sp³-hybridized carbons (Fsp3) is 0.400. The van der Waals surface area contributed by atoms with Crippen molar-refractivity contribution in [3.8, 4) is 5.75 Å². The van der Waals surface area contributed by atoms with E-state index < -0.39 is 17.4 Å². The largest absolute Gasteiger partial charge is 0.496 e. The predicted molar refractivity (Wildman–Crippen MR) is 119 cm³/mol. The van der Waals surface area contributed by atoms with Crippen LogP contribution in [0.15, 0.2) is 48.5 Å². The predicted octanol–water partition coefficient (Wildman–Crippen LogP) is 2.66. The third kappa shape index (κ3) is 2.80. The summed E-state index contributed by atoms with van der Waals surface area (Å²) >= 11 is 0. The molecule has 4 atom stereocenters. The van der Waals surface area contributed by atoms with Crippen LogP contribution in [0.3, 0.4) is 0 Å². The average molecular weight is 434 g/mol. The number of likely N-dealkylation sites (tertiary alicyclic amines) is 1. The van der Waals surface area contributed by atoms with Crippen LogP contribution in [0.2, 0.25) is 0 Å². The Labute approximate surface area is 187 Å². The summed E-state index contributed by atoms with van der Waals surface area (Å²) in [5, 5.41) is 6.40. The van der Waals surface area contributed by atoms with Gasteiger partial charge in [0.05, 0.1) is 25.5 Å². The molecule has 0 aliphatic carbocycles. The molecule has 7 heteroatoms. The molecule has 166 valence electrons. The minimum atomic E-state index is -1.23. The zero-order chi connectivity index (χ0) is 22.6. The monoisotopic (exact) mass is 433 g/mol. The van der Waals surface area contributed by atoms with Gasteiger partial charge in [-0.2, -0.15) is 0 Å². The molecule has 5 rings (SSSR count). The van der Waals surface area contributed by atoms with Gasteiger partial charge in [-0.3, -0.25) is 24.6 Å². The number of imide groups is 1. The van der Waals surface area contributed by atoms with E-state index in [0.717, 1.165) is 11.1 Å². The van der Waals surface area contributed by atoms with Gasteiger partial charge in [-0.1, -0.05) is 50.2 Å². The first-order chi connectivity index (χ1) is 15.4. The number of nitrogens with one attached hydrogen (secondary N) is 2. The van der Waals surface area contributed by atoms with E-state index in [1.807, 2.05) is 48.5 Å². The highest BCUT2D eigenvalue weighted by Gasteiger charge is 2.70. The Balaban J connectivity index is 1.59. The van der Waals surface area contributed by atoms with Gasteiger partial charge >= 0.3 is 0 Å². The van der Waals surface area contributed by atoms with E-state index >= 15 is 0 Å². The fourth-order valence-electron chi connectivity index (χ4n) is 5.69.